The molecule has 140 valence electrons. The standard InChI is InChI=1S/C19H25N3O4/c1-13(2)8-10-26-14(3)18(23)20-12-15-5-4-6-16(11-15)22-9-7-17(21-22)19(24)25/h4-7,9,11,13-14H,8,10,12H2,1-3H3,(H,20,23)(H,24,25). The second-order valence-electron chi connectivity index (χ2n) is 6.53. The third-order valence-corrected chi connectivity index (χ3v) is 3.88. The van der Waals surface area contributed by atoms with Crippen LogP contribution in [0.15, 0.2) is 36.5 Å². The first-order valence-corrected chi connectivity index (χ1v) is 8.64. The number of nitrogens with one attached hydrogen (secondary N) is 1. The third kappa shape index (κ3) is 5.70. The second kappa shape index (κ2) is 9.15. The normalized spacial score (nSPS) is 12.2. The monoisotopic (exact) mass is 359 g/mol. The first kappa shape index (κ1) is 19.7. The Bertz CT molecular complexity index is 755. The zero-order chi connectivity index (χ0) is 19.1. The minimum Gasteiger partial charge on any atom is -0.476 e. The maximum Gasteiger partial charge on any atom is 0.356 e. The number of carbonyl (C=O) groups excluding carboxylic acids is 1. The van der Waals surface area contributed by atoms with Gasteiger partial charge in [-0.15, -0.1) is 0 Å². The van der Waals surface area contributed by atoms with E-state index in [9.17, 15) is 9.59 Å². The van der Waals surface area contributed by atoms with E-state index in [0.29, 0.717) is 19.1 Å². The lowest BCUT2D eigenvalue weighted by Gasteiger charge is -2.14. The topological polar surface area (TPSA) is 93.5 Å². The number of amides is 1. The van der Waals surface area contributed by atoms with E-state index in [4.69, 9.17) is 9.84 Å². The molecule has 0 spiro atoms. The average Bonchev–Trinajstić information content (AvgIpc) is 3.10. The molecule has 0 aliphatic heterocycles. The maximum atomic E-state index is 12.1. The summed E-state index contributed by atoms with van der Waals surface area (Å²) < 4.78 is 7.03. The van der Waals surface area contributed by atoms with E-state index in [0.717, 1.165) is 17.7 Å². The Morgan fingerprint density at radius 2 is 2.04 bits per heavy atom. The smallest absolute Gasteiger partial charge is 0.356 e. The third-order valence-electron chi connectivity index (χ3n) is 3.88. The van der Waals surface area contributed by atoms with Crippen molar-refractivity contribution in [3.05, 3.63) is 47.8 Å². The summed E-state index contributed by atoms with van der Waals surface area (Å²) in [6.07, 6.45) is 2.01. The van der Waals surface area contributed by atoms with Gasteiger partial charge in [0.05, 0.1) is 5.69 Å². The van der Waals surface area contributed by atoms with E-state index in [-0.39, 0.29) is 11.6 Å². The van der Waals surface area contributed by atoms with Crippen LogP contribution in [0.3, 0.4) is 0 Å². The van der Waals surface area contributed by atoms with Crippen LogP contribution in [0.2, 0.25) is 0 Å². The van der Waals surface area contributed by atoms with Crippen molar-refractivity contribution in [2.75, 3.05) is 6.61 Å². The van der Waals surface area contributed by atoms with Crippen molar-refractivity contribution in [1.82, 2.24) is 15.1 Å². The molecule has 2 aromatic rings. The largest absolute Gasteiger partial charge is 0.476 e. The van der Waals surface area contributed by atoms with E-state index in [1.807, 2.05) is 24.3 Å². The highest BCUT2D eigenvalue weighted by atomic mass is 16.5. The molecule has 7 heteroatoms. The molecule has 1 heterocycles. The van der Waals surface area contributed by atoms with E-state index < -0.39 is 12.1 Å². The average molecular weight is 359 g/mol. The van der Waals surface area contributed by atoms with Gasteiger partial charge in [-0.3, -0.25) is 4.79 Å². The van der Waals surface area contributed by atoms with Crippen LogP contribution in [0, 0.1) is 5.92 Å². The molecule has 2 N–H and O–H groups in total. The number of hydrogen-bond acceptors (Lipinski definition) is 4. The van der Waals surface area contributed by atoms with Crippen LogP contribution in [0.25, 0.3) is 5.69 Å². The molecule has 1 aromatic heterocycles. The number of aromatic carboxylic acids is 1. The summed E-state index contributed by atoms with van der Waals surface area (Å²) in [5, 5.41) is 15.8. The summed E-state index contributed by atoms with van der Waals surface area (Å²) in [5.74, 6) is -0.693. The fourth-order valence-corrected chi connectivity index (χ4v) is 2.28. The van der Waals surface area contributed by atoms with Gasteiger partial charge in [0.25, 0.3) is 0 Å². The highest BCUT2D eigenvalue weighted by molar-refractivity contribution is 5.85. The molecule has 1 aromatic carbocycles. The van der Waals surface area contributed by atoms with Crippen LogP contribution in [0.1, 0.15) is 43.2 Å². The molecule has 0 aliphatic rings. The summed E-state index contributed by atoms with van der Waals surface area (Å²) >= 11 is 0. The number of ether oxygens (including phenoxy) is 1. The fraction of sp³-hybridized carbons (Fsp3) is 0.421. The lowest BCUT2D eigenvalue weighted by molar-refractivity contribution is -0.132. The zero-order valence-electron chi connectivity index (χ0n) is 15.3. The minimum absolute atomic E-state index is 0.0175. The van der Waals surface area contributed by atoms with Gasteiger partial charge in [0.2, 0.25) is 5.91 Å². The first-order valence-electron chi connectivity index (χ1n) is 8.64. The van der Waals surface area contributed by atoms with Crippen molar-refractivity contribution < 1.29 is 19.4 Å². The molecule has 0 bridgehead atoms. The number of carboxylic acid groups (broad SMARTS) is 1. The summed E-state index contributed by atoms with van der Waals surface area (Å²) in [7, 11) is 0. The predicted octanol–water partition coefficient (Wildman–Crippen LogP) is 2.64. The van der Waals surface area contributed by atoms with Crippen LogP contribution >= 0.6 is 0 Å². The summed E-state index contributed by atoms with van der Waals surface area (Å²) in [4.78, 5) is 23.0. The van der Waals surface area contributed by atoms with Gasteiger partial charge in [0, 0.05) is 19.3 Å². The molecule has 2 rings (SSSR count). The lowest BCUT2D eigenvalue weighted by atomic mass is 10.1. The fourth-order valence-electron chi connectivity index (χ4n) is 2.28. The Balaban J connectivity index is 1.91. The van der Waals surface area contributed by atoms with Crippen LogP contribution in [-0.4, -0.2) is 39.5 Å². The molecule has 1 atom stereocenters. The number of benzene rings is 1. The van der Waals surface area contributed by atoms with Crippen molar-refractivity contribution in [3.8, 4) is 5.69 Å². The summed E-state index contributed by atoms with van der Waals surface area (Å²) in [6, 6.07) is 8.83. The Morgan fingerprint density at radius 3 is 2.69 bits per heavy atom. The van der Waals surface area contributed by atoms with E-state index in [2.05, 4.69) is 24.3 Å². The Kier molecular flexibility index (Phi) is 6.91. The van der Waals surface area contributed by atoms with Gasteiger partial charge in [0.15, 0.2) is 5.69 Å². The van der Waals surface area contributed by atoms with Crippen molar-refractivity contribution in [1.29, 1.82) is 0 Å². The summed E-state index contributed by atoms with van der Waals surface area (Å²) in [5.41, 5.74) is 1.60. The number of rotatable bonds is 9. The van der Waals surface area contributed by atoms with Gasteiger partial charge in [-0.25, -0.2) is 9.48 Å². The van der Waals surface area contributed by atoms with Crippen molar-refractivity contribution in [2.45, 2.75) is 39.8 Å². The highest BCUT2D eigenvalue weighted by Crippen LogP contribution is 2.11. The van der Waals surface area contributed by atoms with Gasteiger partial charge in [-0.05, 0) is 43.0 Å². The number of aromatic nitrogens is 2. The lowest BCUT2D eigenvalue weighted by Crippen LogP contribution is -2.34. The predicted molar refractivity (Wildman–Crippen MR) is 97.2 cm³/mol. The van der Waals surface area contributed by atoms with Crippen LogP contribution in [0.5, 0.6) is 0 Å². The molecule has 1 unspecified atom stereocenters. The van der Waals surface area contributed by atoms with Gasteiger partial charge in [-0.2, -0.15) is 5.10 Å². The SMILES string of the molecule is CC(C)CCOC(C)C(=O)NCc1cccc(-n2ccc(C(=O)O)n2)c1. The molecule has 0 aliphatic carbocycles. The van der Waals surface area contributed by atoms with Crippen LogP contribution in [-0.2, 0) is 16.1 Å². The minimum atomic E-state index is -1.07. The molecular weight excluding hydrogens is 334 g/mol. The van der Waals surface area contributed by atoms with Crippen molar-refractivity contribution in [3.63, 3.8) is 0 Å². The zero-order valence-corrected chi connectivity index (χ0v) is 15.3. The Morgan fingerprint density at radius 1 is 1.27 bits per heavy atom. The van der Waals surface area contributed by atoms with Gasteiger partial charge in [0.1, 0.15) is 6.10 Å². The van der Waals surface area contributed by atoms with Crippen LogP contribution in [0.4, 0.5) is 0 Å². The molecule has 0 radical (unpaired) electrons. The highest BCUT2D eigenvalue weighted by Gasteiger charge is 2.13. The van der Waals surface area contributed by atoms with Gasteiger partial charge < -0.3 is 15.2 Å². The number of carboxylic acids is 1. The van der Waals surface area contributed by atoms with E-state index in [1.165, 1.54) is 10.7 Å². The maximum absolute atomic E-state index is 12.1. The molecule has 0 saturated heterocycles. The first-order chi connectivity index (χ1) is 12.4. The molecular formula is C19H25N3O4. The van der Waals surface area contributed by atoms with Crippen molar-refractivity contribution >= 4 is 11.9 Å². The van der Waals surface area contributed by atoms with Crippen LogP contribution < -0.4 is 5.32 Å². The Labute approximate surface area is 153 Å². The number of hydrogen-bond donors (Lipinski definition) is 2. The van der Waals surface area contributed by atoms with Gasteiger partial charge >= 0.3 is 5.97 Å². The molecule has 0 fully saturated rings. The molecule has 1 amide bonds. The number of carbonyl (C=O) groups is 2. The van der Waals surface area contributed by atoms with Crippen molar-refractivity contribution in [2.24, 2.45) is 5.92 Å². The molecule has 7 nitrogen and oxygen atoms in total. The van der Waals surface area contributed by atoms with E-state index in [1.54, 1.807) is 13.1 Å². The Hall–Kier alpha value is -2.67. The molecule has 0 saturated carbocycles. The summed E-state index contributed by atoms with van der Waals surface area (Å²) in [6.45, 7) is 6.88. The second-order valence-corrected chi connectivity index (χ2v) is 6.53. The quantitative estimate of drug-likeness (QED) is 0.718. The van der Waals surface area contributed by atoms with Gasteiger partial charge in [-0.1, -0.05) is 26.0 Å². The molecule has 26 heavy (non-hydrogen) atoms. The van der Waals surface area contributed by atoms with E-state index >= 15 is 0 Å². The number of nitrogens with zero attached hydrogens (tertiary/aromatic N) is 2.